The molecule has 2 aromatic heterocycles. The first-order valence-corrected chi connectivity index (χ1v) is 10.2. The second-order valence-corrected chi connectivity index (χ2v) is 7.90. The fourth-order valence-corrected chi connectivity index (χ4v) is 4.17. The third-order valence-electron chi connectivity index (χ3n) is 4.82. The van der Waals surface area contributed by atoms with E-state index in [0.29, 0.717) is 21.8 Å². The summed E-state index contributed by atoms with van der Waals surface area (Å²) in [6.07, 6.45) is 0.982. The van der Waals surface area contributed by atoms with E-state index < -0.39 is 5.63 Å². The first kappa shape index (κ1) is 19.1. The molecule has 1 amide bonds. The van der Waals surface area contributed by atoms with Gasteiger partial charge in [-0.2, -0.15) is 0 Å². The Labute approximate surface area is 172 Å². The monoisotopic (exact) mass is 404 g/mol. The van der Waals surface area contributed by atoms with E-state index in [0.717, 1.165) is 27.9 Å². The number of benzene rings is 2. The van der Waals surface area contributed by atoms with Gasteiger partial charge in [-0.25, -0.2) is 9.78 Å². The lowest BCUT2D eigenvalue weighted by atomic mass is 10.1. The molecule has 0 radical (unpaired) electrons. The molecule has 2 aromatic carbocycles. The van der Waals surface area contributed by atoms with Crippen LogP contribution in [-0.2, 0) is 6.42 Å². The van der Waals surface area contributed by atoms with Gasteiger partial charge in [0.2, 0.25) is 0 Å². The Kier molecular flexibility index (Phi) is 5.03. The van der Waals surface area contributed by atoms with Crippen molar-refractivity contribution in [2.75, 3.05) is 5.32 Å². The number of nitrogens with one attached hydrogen (secondary N) is 1. The maximum atomic E-state index is 12.8. The summed E-state index contributed by atoms with van der Waals surface area (Å²) in [5.74, 6) is -0.231. The number of carbonyl (C=O) groups is 1. The number of fused-ring (bicyclic) bond motifs is 1. The third kappa shape index (κ3) is 3.84. The van der Waals surface area contributed by atoms with Crippen LogP contribution in [0.3, 0.4) is 0 Å². The number of hydrogen-bond donors (Lipinski definition) is 1. The van der Waals surface area contributed by atoms with Gasteiger partial charge in [0.05, 0.1) is 5.69 Å². The second kappa shape index (κ2) is 7.64. The van der Waals surface area contributed by atoms with E-state index in [1.54, 1.807) is 12.1 Å². The molecule has 29 heavy (non-hydrogen) atoms. The van der Waals surface area contributed by atoms with Crippen molar-refractivity contribution < 1.29 is 9.21 Å². The zero-order valence-electron chi connectivity index (χ0n) is 16.4. The first-order valence-electron chi connectivity index (χ1n) is 9.37. The van der Waals surface area contributed by atoms with Crippen LogP contribution in [0.1, 0.15) is 33.4 Å². The van der Waals surface area contributed by atoms with E-state index in [9.17, 15) is 9.59 Å². The van der Waals surface area contributed by atoms with Crippen molar-refractivity contribution in [2.24, 2.45) is 0 Å². The summed E-state index contributed by atoms with van der Waals surface area (Å²) >= 11 is 1.37. The quantitative estimate of drug-likeness (QED) is 0.466. The number of amides is 1. The number of aryl methyl sites for hydroxylation is 3. The molecule has 1 N–H and O–H groups in total. The van der Waals surface area contributed by atoms with Crippen LogP contribution in [0.4, 0.5) is 5.69 Å². The minimum Gasteiger partial charge on any atom is -0.423 e. The molecule has 4 aromatic rings. The summed E-state index contributed by atoms with van der Waals surface area (Å²) in [6, 6.07) is 15.0. The van der Waals surface area contributed by atoms with Crippen molar-refractivity contribution in [2.45, 2.75) is 27.2 Å². The third-order valence-corrected chi connectivity index (χ3v) is 6.03. The summed E-state index contributed by atoms with van der Waals surface area (Å²) in [5, 5.41) is 4.54. The van der Waals surface area contributed by atoms with Gasteiger partial charge in [0.25, 0.3) is 5.91 Å². The minimum absolute atomic E-state index is 0.231. The lowest BCUT2D eigenvalue weighted by Crippen LogP contribution is -2.11. The van der Waals surface area contributed by atoms with Gasteiger partial charge in [0.15, 0.2) is 0 Å². The van der Waals surface area contributed by atoms with Gasteiger partial charge < -0.3 is 9.73 Å². The molecular weight excluding hydrogens is 384 g/mol. The Hall–Kier alpha value is -3.25. The molecule has 6 heteroatoms. The molecule has 0 unspecified atom stereocenters. The molecule has 4 rings (SSSR count). The topological polar surface area (TPSA) is 72.2 Å². The standard InChI is InChI=1S/C23H20N2O3S/c1-4-15-5-7-16(8-6-15)23-24-14(3)21(29-23)22(27)25-17-9-10-18-13(2)11-20(26)28-19(18)12-17/h5-12H,4H2,1-3H3,(H,25,27). The summed E-state index contributed by atoms with van der Waals surface area (Å²) in [4.78, 5) is 29.6. The number of aromatic nitrogens is 1. The molecule has 0 aliphatic heterocycles. The fourth-order valence-electron chi connectivity index (χ4n) is 3.20. The van der Waals surface area contributed by atoms with Crippen LogP contribution in [0.5, 0.6) is 0 Å². The maximum Gasteiger partial charge on any atom is 0.336 e. The summed E-state index contributed by atoms with van der Waals surface area (Å²) < 4.78 is 5.26. The first-order chi connectivity index (χ1) is 13.9. The van der Waals surface area contributed by atoms with E-state index in [1.165, 1.54) is 23.0 Å². The van der Waals surface area contributed by atoms with Gasteiger partial charge in [-0.3, -0.25) is 4.79 Å². The van der Waals surface area contributed by atoms with E-state index in [2.05, 4.69) is 29.4 Å². The van der Waals surface area contributed by atoms with Gasteiger partial charge in [-0.15, -0.1) is 11.3 Å². The average molecular weight is 404 g/mol. The van der Waals surface area contributed by atoms with E-state index in [1.807, 2.05) is 32.0 Å². The molecule has 2 heterocycles. The largest absolute Gasteiger partial charge is 0.423 e. The SMILES string of the molecule is CCc1ccc(-c2nc(C)c(C(=O)Nc3ccc4c(C)cc(=O)oc4c3)s2)cc1. The highest BCUT2D eigenvalue weighted by atomic mass is 32.1. The zero-order chi connectivity index (χ0) is 20.5. The summed E-state index contributed by atoms with van der Waals surface area (Å²) in [5.41, 5.74) is 4.39. The van der Waals surface area contributed by atoms with Crippen LogP contribution in [0.15, 0.2) is 57.7 Å². The highest BCUT2D eigenvalue weighted by Gasteiger charge is 2.17. The van der Waals surface area contributed by atoms with E-state index in [4.69, 9.17) is 4.42 Å². The fraction of sp³-hybridized carbons (Fsp3) is 0.174. The van der Waals surface area contributed by atoms with Crippen LogP contribution in [-0.4, -0.2) is 10.9 Å². The average Bonchev–Trinajstić information content (AvgIpc) is 3.09. The summed E-state index contributed by atoms with van der Waals surface area (Å²) in [7, 11) is 0. The van der Waals surface area contributed by atoms with Gasteiger partial charge in [0.1, 0.15) is 15.5 Å². The molecule has 0 spiro atoms. The number of carbonyl (C=O) groups excluding carboxylic acids is 1. The van der Waals surface area contributed by atoms with Crippen molar-refractivity contribution in [1.29, 1.82) is 0 Å². The number of hydrogen-bond acceptors (Lipinski definition) is 5. The maximum absolute atomic E-state index is 12.8. The molecule has 0 saturated carbocycles. The Morgan fingerprint density at radius 2 is 1.86 bits per heavy atom. The Morgan fingerprint density at radius 3 is 2.59 bits per heavy atom. The molecule has 5 nitrogen and oxygen atoms in total. The van der Waals surface area contributed by atoms with Crippen LogP contribution < -0.4 is 10.9 Å². The van der Waals surface area contributed by atoms with Crippen LogP contribution in [0.2, 0.25) is 0 Å². The molecule has 0 aliphatic rings. The van der Waals surface area contributed by atoms with Crippen LogP contribution in [0, 0.1) is 13.8 Å². The predicted octanol–water partition coefficient (Wildman–Crippen LogP) is 5.35. The highest BCUT2D eigenvalue weighted by molar-refractivity contribution is 7.17. The molecule has 146 valence electrons. The Bertz CT molecular complexity index is 1270. The zero-order valence-corrected chi connectivity index (χ0v) is 17.2. The Balaban J connectivity index is 1.61. The van der Waals surface area contributed by atoms with Gasteiger partial charge in [-0.1, -0.05) is 31.2 Å². The van der Waals surface area contributed by atoms with Gasteiger partial charge in [-0.05, 0) is 43.5 Å². The predicted molar refractivity (Wildman–Crippen MR) is 117 cm³/mol. The highest BCUT2D eigenvalue weighted by Crippen LogP contribution is 2.29. The lowest BCUT2D eigenvalue weighted by molar-refractivity contribution is 0.103. The number of thiazole rings is 1. The van der Waals surface area contributed by atoms with Crippen molar-refractivity contribution in [3.8, 4) is 10.6 Å². The molecule has 0 bridgehead atoms. The molecular formula is C23H20N2O3S. The van der Waals surface area contributed by atoms with Crippen LogP contribution in [0.25, 0.3) is 21.5 Å². The van der Waals surface area contributed by atoms with E-state index >= 15 is 0 Å². The Morgan fingerprint density at radius 1 is 1.10 bits per heavy atom. The van der Waals surface area contributed by atoms with Crippen molar-refractivity contribution >= 4 is 33.9 Å². The summed E-state index contributed by atoms with van der Waals surface area (Å²) in [6.45, 7) is 5.80. The molecule has 0 atom stereocenters. The lowest BCUT2D eigenvalue weighted by Gasteiger charge is -2.06. The van der Waals surface area contributed by atoms with Crippen molar-refractivity contribution in [3.05, 3.63) is 80.6 Å². The van der Waals surface area contributed by atoms with Crippen LogP contribution >= 0.6 is 11.3 Å². The van der Waals surface area contributed by atoms with Gasteiger partial charge in [0, 0.05) is 28.8 Å². The molecule has 0 fully saturated rings. The van der Waals surface area contributed by atoms with Gasteiger partial charge >= 0.3 is 5.63 Å². The van der Waals surface area contributed by atoms with Crippen molar-refractivity contribution in [3.63, 3.8) is 0 Å². The number of rotatable bonds is 4. The van der Waals surface area contributed by atoms with E-state index in [-0.39, 0.29) is 5.91 Å². The minimum atomic E-state index is -0.407. The number of anilines is 1. The smallest absolute Gasteiger partial charge is 0.336 e. The number of nitrogens with zero attached hydrogens (tertiary/aromatic N) is 1. The molecule has 0 aliphatic carbocycles. The molecule has 0 saturated heterocycles. The normalized spacial score (nSPS) is 11.0. The van der Waals surface area contributed by atoms with Crippen molar-refractivity contribution in [1.82, 2.24) is 4.98 Å². The second-order valence-electron chi connectivity index (χ2n) is 6.90.